The zero-order valence-electron chi connectivity index (χ0n) is 11.2. The molecule has 0 aliphatic heterocycles. The highest BCUT2D eigenvalue weighted by Crippen LogP contribution is 2.10. The molecule has 21 heavy (non-hydrogen) atoms. The van der Waals surface area contributed by atoms with E-state index in [0.717, 1.165) is 6.07 Å². The SMILES string of the molecule is Cn1cc(C(=O)NCc2ccc(C(N)=NO)cc2F)cn1. The average Bonchev–Trinajstić information content (AvgIpc) is 2.91. The second kappa shape index (κ2) is 6.04. The van der Waals surface area contributed by atoms with E-state index in [1.54, 1.807) is 13.2 Å². The first kappa shape index (κ1) is 14.5. The van der Waals surface area contributed by atoms with Gasteiger partial charge in [-0.15, -0.1) is 0 Å². The van der Waals surface area contributed by atoms with Crippen molar-refractivity contribution in [3.8, 4) is 0 Å². The summed E-state index contributed by atoms with van der Waals surface area (Å²) in [6, 6.07) is 4.11. The minimum absolute atomic E-state index is 0.0238. The van der Waals surface area contributed by atoms with E-state index in [-0.39, 0.29) is 23.9 Å². The number of hydrogen-bond acceptors (Lipinski definition) is 4. The number of aryl methyl sites for hydroxylation is 1. The molecular formula is C13H14FN5O2. The van der Waals surface area contributed by atoms with Gasteiger partial charge in [0.15, 0.2) is 5.84 Å². The van der Waals surface area contributed by atoms with Crippen LogP contribution in [0.3, 0.4) is 0 Å². The van der Waals surface area contributed by atoms with Crippen LogP contribution in [0.1, 0.15) is 21.5 Å². The Morgan fingerprint density at radius 3 is 2.86 bits per heavy atom. The molecule has 0 unspecified atom stereocenters. The third kappa shape index (κ3) is 3.35. The number of nitrogens with one attached hydrogen (secondary N) is 1. The molecule has 2 rings (SSSR count). The second-order valence-corrected chi connectivity index (χ2v) is 4.38. The molecule has 4 N–H and O–H groups in total. The Bertz CT molecular complexity index is 696. The van der Waals surface area contributed by atoms with E-state index in [1.807, 2.05) is 0 Å². The van der Waals surface area contributed by atoms with Gasteiger partial charge in [0.2, 0.25) is 0 Å². The molecule has 0 aliphatic carbocycles. The maximum Gasteiger partial charge on any atom is 0.254 e. The van der Waals surface area contributed by atoms with Crippen LogP contribution in [0.4, 0.5) is 4.39 Å². The fraction of sp³-hybridized carbons (Fsp3) is 0.154. The zero-order chi connectivity index (χ0) is 15.4. The Morgan fingerprint density at radius 1 is 1.52 bits per heavy atom. The summed E-state index contributed by atoms with van der Waals surface area (Å²) in [6.07, 6.45) is 2.99. The van der Waals surface area contributed by atoms with Crippen LogP contribution < -0.4 is 11.1 Å². The first-order chi connectivity index (χ1) is 10.0. The van der Waals surface area contributed by atoms with Gasteiger partial charge in [-0.2, -0.15) is 5.10 Å². The molecule has 0 spiro atoms. The molecule has 1 heterocycles. The maximum absolute atomic E-state index is 13.8. The standard InChI is InChI=1S/C13H14FN5O2/c1-19-7-10(6-17-19)13(20)16-5-9-3-2-8(4-11(9)14)12(15)18-21/h2-4,6-7,21H,5H2,1H3,(H2,15,18)(H,16,20). The molecule has 0 saturated carbocycles. The van der Waals surface area contributed by atoms with Crippen LogP contribution in [0.5, 0.6) is 0 Å². The summed E-state index contributed by atoms with van der Waals surface area (Å²) in [7, 11) is 1.70. The summed E-state index contributed by atoms with van der Waals surface area (Å²) in [4.78, 5) is 11.8. The third-order valence-corrected chi connectivity index (χ3v) is 2.86. The largest absolute Gasteiger partial charge is 0.409 e. The predicted octanol–water partition coefficient (Wildman–Crippen LogP) is 0.584. The van der Waals surface area contributed by atoms with Crippen molar-refractivity contribution in [1.29, 1.82) is 0 Å². The number of hydrogen-bond donors (Lipinski definition) is 3. The Balaban J connectivity index is 2.05. The van der Waals surface area contributed by atoms with E-state index in [9.17, 15) is 9.18 Å². The topological polar surface area (TPSA) is 106 Å². The molecule has 1 amide bonds. The number of rotatable bonds is 4. The molecule has 7 nitrogen and oxygen atoms in total. The first-order valence-electron chi connectivity index (χ1n) is 6.04. The molecule has 0 radical (unpaired) electrons. The molecule has 0 aliphatic rings. The Hall–Kier alpha value is -2.90. The van der Waals surface area contributed by atoms with Gasteiger partial charge in [0, 0.05) is 30.9 Å². The van der Waals surface area contributed by atoms with E-state index in [2.05, 4.69) is 15.6 Å². The van der Waals surface area contributed by atoms with E-state index in [1.165, 1.54) is 23.0 Å². The molecule has 0 saturated heterocycles. The van der Waals surface area contributed by atoms with Gasteiger partial charge in [-0.1, -0.05) is 17.3 Å². The third-order valence-electron chi connectivity index (χ3n) is 2.86. The van der Waals surface area contributed by atoms with Crippen LogP contribution in [0.15, 0.2) is 35.7 Å². The monoisotopic (exact) mass is 291 g/mol. The number of amidine groups is 1. The van der Waals surface area contributed by atoms with Gasteiger partial charge in [-0.3, -0.25) is 9.48 Å². The van der Waals surface area contributed by atoms with Crippen molar-refractivity contribution < 1.29 is 14.4 Å². The van der Waals surface area contributed by atoms with Crippen molar-refractivity contribution >= 4 is 11.7 Å². The summed E-state index contributed by atoms with van der Waals surface area (Å²) < 4.78 is 15.3. The lowest BCUT2D eigenvalue weighted by molar-refractivity contribution is 0.0950. The summed E-state index contributed by atoms with van der Waals surface area (Å²) in [5.74, 6) is -1.08. The molecular weight excluding hydrogens is 277 g/mol. The predicted molar refractivity (Wildman–Crippen MR) is 73.3 cm³/mol. The van der Waals surface area contributed by atoms with E-state index in [4.69, 9.17) is 10.9 Å². The lowest BCUT2D eigenvalue weighted by Gasteiger charge is -2.07. The lowest BCUT2D eigenvalue weighted by Crippen LogP contribution is -2.23. The zero-order valence-corrected chi connectivity index (χ0v) is 11.2. The molecule has 1 aromatic heterocycles. The normalized spacial score (nSPS) is 11.4. The van der Waals surface area contributed by atoms with Gasteiger partial charge in [-0.05, 0) is 6.07 Å². The highest BCUT2D eigenvalue weighted by Gasteiger charge is 2.10. The second-order valence-electron chi connectivity index (χ2n) is 4.38. The summed E-state index contributed by atoms with van der Waals surface area (Å²) in [5, 5.41) is 17.8. The smallest absolute Gasteiger partial charge is 0.254 e. The van der Waals surface area contributed by atoms with Gasteiger partial charge in [0.25, 0.3) is 5.91 Å². The van der Waals surface area contributed by atoms with Gasteiger partial charge in [0.05, 0.1) is 11.8 Å². The van der Waals surface area contributed by atoms with Crippen LogP contribution in [0, 0.1) is 5.82 Å². The molecule has 0 fully saturated rings. The van der Waals surface area contributed by atoms with Crippen molar-refractivity contribution in [1.82, 2.24) is 15.1 Å². The molecule has 0 bridgehead atoms. The Labute approximate surface area is 119 Å². The van der Waals surface area contributed by atoms with Gasteiger partial charge >= 0.3 is 0 Å². The van der Waals surface area contributed by atoms with Crippen molar-refractivity contribution in [2.24, 2.45) is 17.9 Å². The number of oxime groups is 1. The fourth-order valence-corrected chi connectivity index (χ4v) is 1.72. The quantitative estimate of drug-likeness (QED) is 0.331. The van der Waals surface area contributed by atoms with E-state index < -0.39 is 5.82 Å². The van der Waals surface area contributed by atoms with Crippen LogP contribution in [-0.4, -0.2) is 26.7 Å². The van der Waals surface area contributed by atoms with Crippen molar-refractivity contribution in [2.75, 3.05) is 0 Å². The van der Waals surface area contributed by atoms with Gasteiger partial charge in [0.1, 0.15) is 5.82 Å². The Kier molecular flexibility index (Phi) is 4.17. The van der Waals surface area contributed by atoms with Crippen molar-refractivity contribution in [3.05, 3.63) is 53.1 Å². The number of amides is 1. The van der Waals surface area contributed by atoms with Crippen LogP contribution in [0.2, 0.25) is 0 Å². The van der Waals surface area contributed by atoms with E-state index in [0.29, 0.717) is 11.1 Å². The summed E-state index contributed by atoms with van der Waals surface area (Å²) in [5.41, 5.74) is 6.32. The fourth-order valence-electron chi connectivity index (χ4n) is 1.72. The summed E-state index contributed by atoms with van der Waals surface area (Å²) >= 11 is 0. The number of aromatic nitrogens is 2. The van der Waals surface area contributed by atoms with Crippen LogP contribution in [-0.2, 0) is 13.6 Å². The molecule has 0 atom stereocenters. The molecule has 1 aromatic carbocycles. The number of carbonyl (C=O) groups excluding carboxylic acids is 1. The minimum Gasteiger partial charge on any atom is -0.409 e. The van der Waals surface area contributed by atoms with Crippen molar-refractivity contribution in [2.45, 2.75) is 6.54 Å². The first-order valence-corrected chi connectivity index (χ1v) is 6.04. The minimum atomic E-state index is -0.550. The van der Waals surface area contributed by atoms with Crippen molar-refractivity contribution in [3.63, 3.8) is 0 Å². The average molecular weight is 291 g/mol. The van der Waals surface area contributed by atoms with Gasteiger partial charge < -0.3 is 16.3 Å². The van der Waals surface area contributed by atoms with Gasteiger partial charge in [-0.25, -0.2) is 4.39 Å². The van der Waals surface area contributed by atoms with Crippen LogP contribution in [0.25, 0.3) is 0 Å². The lowest BCUT2D eigenvalue weighted by atomic mass is 10.1. The van der Waals surface area contributed by atoms with E-state index >= 15 is 0 Å². The molecule has 110 valence electrons. The summed E-state index contributed by atoms with van der Waals surface area (Å²) in [6.45, 7) is 0.0238. The number of nitrogens with two attached hydrogens (primary N) is 1. The number of carbonyl (C=O) groups is 1. The van der Waals surface area contributed by atoms with Crippen LogP contribution >= 0.6 is 0 Å². The highest BCUT2D eigenvalue weighted by atomic mass is 19.1. The number of halogens is 1. The number of benzene rings is 1. The number of nitrogens with zero attached hydrogens (tertiary/aromatic N) is 3. The highest BCUT2D eigenvalue weighted by molar-refractivity contribution is 5.97. The maximum atomic E-state index is 13.8. The Morgan fingerprint density at radius 2 is 2.29 bits per heavy atom. The molecule has 8 heteroatoms. The molecule has 2 aromatic rings.